The molecule has 152 valence electrons. The molecule has 0 heterocycles. The lowest BCUT2D eigenvalue weighted by atomic mass is 10.0. The van der Waals surface area contributed by atoms with Crippen molar-refractivity contribution in [3.8, 4) is 6.07 Å². The van der Waals surface area contributed by atoms with Gasteiger partial charge in [-0.1, -0.05) is 24.3 Å². The minimum absolute atomic E-state index is 0.0365. The highest BCUT2D eigenvalue weighted by Crippen LogP contribution is 2.24. The van der Waals surface area contributed by atoms with E-state index >= 15 is 0 Å². The van der Waals surface area contributed by atoms with Crippen molar-refractivity contribution < 1.29 is 18.6 Å². The van der Waals surface area contributed by atoms with Crippen molar-refractivity contribution in [3.05, 3.63) is 42.0 Å². The monoisotopic (exact) mass is 405 g/mol. The maximum absolute atomic E-state index is 12.3. The van der Waals surface area contributed by atoms with Crippen LogP contribution in [0.25, 0.3) is 10.8 Å². The third-order valence-corrected chi connectivity index (χ3v) is 6.28. The van der Waals surface area contributed by atoms with Gasteiger partial charge in [-0.2, -0.15) is 5.26 Å². The van der Waals surface area contributed by atoms with Gasteiger partial charge in [0.2, 0.25) is 10.0 Å². The Morgan fingerprint density at radius 1 is 1.14 bits per heavy atom. The van der Waals surface area contributed by atoms with E-state index in [0.29, 0.717) is 0 Å². The van der Waals surface area contributed by atoms with Crippen LogP contribution in [-0.4, -0.2) is 56.2 Å². The second-order valence-corrected chi connectivity index (χ2v) is 8.54. The number of benzene rings is 2. The highest BCUT2D eigenvalue weighted by atomic mass is 32.2. The molecule has 0 fully saturated rings. The molecule has 2 unspecified atom stereocenters. The number of hydrogen-bond donors (Lipinski definition) is 3. The molecule has 0 aromatic heterocycles. The van der Waals surface area contributed by atoms with E-state index in [2.05, 4.69) is 29.5 Å². The predicted molar refractivity (Wildman–Crippen MR) is 111 cm³/mol. The number of aliphatic hydroxyl groups is 2. The number of aliphatic hydroxyl groups excluding tert-OH is 2. The Morgan fingerprint density at radius 2 is 1.79 bits per heavy atom. The first-order chi connectivity index (χ1) is 13.3. The molecule has 8 heteroatoms. The smallest absolute Gasteiger partial charge is 0.228 e. The van der Waals surface area contributed by atoms with Gasteiger partial charge in [0.05, 0.1) is 18.8 Å². The van der Waals surface area contributed by atoms with Gasteiger partial charge < -0.3 is 15.1 Å². The molecule has 0 bridgehead atoms. The number of nitriles is 1. The van der Waals surface area contributed by atoms with E-state index in [4.69, 9.17) is 5.11 Å². The maximum Gasteiger partial charge on any atom is 0.228 e. The normalized spacial score (nSPS) is 13.8. The topological polar surface area (TPSA) is 114 Å². The van der Waals surface area contributed by atoms with Crippen LogP contribution in [-0.2, 0) is 16.4 Å². The molecule has 7 nitrogen and oxygen atoms in total. The van der Waals surface area contributed by atoms with Gasteiger partial charge in [-0.15, -0.1) is 0 Å². The van der Waals surface area contributed by atoms with E-state index in [9.17, 15) is 18.8 Å². The van der Waals surface area contributed by atoms with E-state index in [1.54, 1.807) is 0 Å². The van der Waals surface area contributed by atoms with Crippen molar-refractivity contribution in [2.45, 2.75) is 31.6 Å². The fraction of sp³-hybridized carbons (Fsp3) is 0.450. The van der Waals surface area contributed by atoms with Crippen molar-refractivity contribution in [2.24, 2.45) is 0 Å². The highest BCUT2D eigenvalue weighted by Gasteiger charge is 2.26. The Balaban J connectivity index is 2.20. The maximum atomic E-state index is 12.3. The number of hydrogen-bond acceptors (Lipinski definition) is 6. The highest BCUT2D eigenvalue weighted by molar-refractivity contribution is 7.90. The molecule has 0 radical (unpaired) electrons. The molecule has 0 aliphatic rings. The first-order valence-corrected chi connectivity index (χ1v) is 10.8. The van der Waals surface area contributed by atoms with Gasteiger partial charge >= 0.3 is 0 Å². The Bertz CT molecular complexity index is 936. The summed E-state index contributed by atoms with van der Waals surface area (Å²) < 4.78 is 26.8. The SMILES string of the molecule is CCN(CC)c1ccc2cc(CC(C#N)S(=O)(=O)NCC(O)CO)ccc2c1. The van der Waals surface area contributed by atoms with Crippen LogP contribution in [0, 0.1) is 11.3 Å². The summed E-state index contributed by atoms with van der Waals surface area (Å²) in [5, 5.41) is 28.2. The third-order valence-electron chi connectivity index (χ3n) is 4.69. The summed E-state index contributed by atoms with van der Waals surface area (Å²) in [5.74, 6) is 0. The predicted octanol–water partition coefficient (Wildman–Crippen LogP) is 1.39. The fourth-order valence-corrected chi connectivity index (χ4v) is 4.19. The Kier molecular flexibility index (Phi) is 7.78. The second kappa shape index (κ2) is 9.85. The average Bonchev–Trinajstić information content (AvgIpc) is 2.70. The summed E-state index contributed by atoms with van der Waals surface area (Å²) in [5.41, 5.74) is 1.87. The number of anilines is 1. The zero-order valence-electron chi connectivity index (χ0n) is 16.2. The molecule has 0 spiro atoms. The lowest BCUT2D eigenvalue weighted by molar-refractivity contribution is 0.0988. The molecule has 0 saturated carbocycles. The van der Waals surface area contributed by atoms with Gasteiger partial charge in [-0.05, 0) is 42.3 Å². The van der Waals surface area contributed by atoms with Crippen LogP contribution < -0.4 is 9.62 Å². The van der Waals surface area contributed by atoms with Gasteiger partial charge in [0, 0.05) is 31.7 Å². The van der Waals surface area contributed by atoms with E-state index in [1.165, 1.54) is 0 Å². The number of nitrogens with zero attached hydrogens (tertiary/aromatic N) is 2. The molecule has 0 amide bonds. The molecular formula is C20H27N3O4S. The summed E-state index contributed by atoms with van der Waals surface area (Å²) in [4.78, 5) is 2.25. The Hall–Kier alpha value is -2.18. The molecule has 0 aliphatic carbocycles. The van der Waals surface area contributed by atoms with E-state index < -0.39 is 28.0 Å². The van der Waals surface area contributed by atoms with E-state index in [1.807, 2.05) is 36.4 Å². The Morgan fingerprint density at radius 3 is 2.39 bits per heavy atom. The largest absolute Gasteiger partial charge is 0.394 e. The van der Waals surface area contributed by atoms with E-state index in [-0.39, 0.29) is 13.0 Å². The lowest BCUT2D eigenvalue weighted by Crippen LogP contribution is -2.40. The average molecular weight is 406 g/mol. The summed E-state index contributed by atoms with van der Waals surface area (Å²) in [7, 11) is -3.94. The molecule has 2 rings (SSSR count). The van der Waals surface area contributed by atoms with Crippen LogP contribution in [0.1, 0.15) is 19.4 Å². The minimum Gasteiger partial charge on any atom is -0.394 e. The molecule has 0 saturated heterocycles. The van der Waals surface area contributed by atoms with Crippen molar-refractivity contribution in [3.63, 3.8) is 0 Å². The van der Waals surface area contributed by atoms with Crippen molar-refractivity contribution in [1.29, 1.82) is 5.26 Å². The van der Waals surface area contributed by atoms with Gasteiger partial charge in [-0.3, -0.25) is 0 Å². The number of rotatable bonds is 10. The molecular weight excluding hydrogens is 378 g/mol. The number of sulfonamides is 1. The summed E-state index contributed by atoms with van der Waals surface area (Å²) in [6.07, 6.45) is -1.16. The van der Waals surface area contributed by atoms with Crippen LogP contribution in [0.15, 0.2) is 36.4 Å². The first kappa shape index (κ1) is 22.1. The second-order valence-electron chi connectivity index (χ2n) is 6.59. The van der Waals surface area contributed by atoms with E-state index in [0.717, 1.165) is 35.1 Å². The van der Waals surface area contributed by atoms with Gasteiger partial charge in [-0.25, -0.2) is 13.1 Å². The van der Waals surface area contributed by atoms with Crippen LogP contribution >= 0.6 is 0 Å². The van der Waals surface area contributed by atoms with Crippen LogP contribution in [0.4, 0.5) is 5.69 Å². The minimum atomic E-state index is -3.94. The molecule has 0 aliphatic heterocycles. The zero-order valence-corrected chi connectivity index (χ0v) is 17.0. The van der Waals surface area contributed by atoms with Crippen LogP contribution in [0.2, 0.25) is 0 Å². The first-order valence-electron chi connectivity index (χ1n) is 9.29. The van der Waals surface area contributed by atoms with Gasteiger partial charge in [0.25, 0.3) is 0 Å². The molecule has 2 atom stereocenters. The summed E-state index contributed by atoms with van der Waals surface area (Å²) in [6, 6.07) is 13.6. The van der Waals surface area contributed by atoms with Gasteiger partial charge in [0.15, 0.2) is 5.25 Å². The lowest BCUT2D eigenvalue weighted by Gasteiger charge is -2.21. The molecule has 28 heavy (non-hydrogen) atoms. The molecule has 2 aromatic carbocycles. The van der Waals surface area contributed by atoms with Crippen molar-refractivity contribution >= 4 is 26.5 Å². The van der Waals surface area contributed by atoms with Crippen LogP contribution in [0.3, 0.4) is 0 Å². The zero-order chi connectivity index (χ0) is 20.7. The van der Waals surface area contributed by atoms with Crippen molar-refractivity contribution in [1.82, 2.24) is 4.72 Å². The Labute approximate surface area is 166 Å². The molecule has 2 aromatic rings. The number of nitrogens with one attached hydrogen (secondary N) is 1. The standard InChI is InChI=1S/C20H27N3O4S/c1-3-23(4-2)18-8-7-16-9-15(5-6-17(16)11-18)10-20(12-21)28(26,27)22-13-19(25)14-24/h5-9,11,19-20,22,24-25H,3-4,10,13-14H2,1-2H3. The van der Waals surface area contributed by atoms with Crippen molar-refractivity contribution in [2.75, 3.05) is 31.1 Å². The fourth-order valence-electron chi connectivity index (χ4n) is 3.01. The van der Waals surface area contributed by atoms with Crippen LogP contribution in [0.5, 0.6) is 0 Å². The number of fused-ring (bicyclic) bond motifs is 1. The third kappa shape index (κ3) is 5.42. The summed E-state index contributed by atoms with van der Waals surface area (Å²) >= 11 is 0. The summed E-state index contributed by atoms with van der Waals surface area (Å²) in [6.45, 7) is 5.15. The van der Waals surface area contributed by atoms with Gasteiger partial charge in [0.1, 0.15) is 0 Å². The molecule has 3 N–H and O–H groups in total. The quantitative estimate of drug-likeness (QED) is 0.550.